The van der Waals surface area contributed by atoms with Gasteiger partial charge in [0.2, 0.25) is 0 Å². The molecular formula is C12H20BFN2O2. The van der Waals surface area contributed by atoms with Crippen LogP contribution in [0.4, 0.5) is 4.39 Å². The van der Waals surface area contributed by atoms with E-state index in [4.69, 9.17) is 10.0 Å². The Balaban J connectivity index is 2.64. The summed E-state index contributed by atoms with van der Waals surface area (Å²) in [6.45, 7) is 2.47. The van der Waals surface area contributed by atoms with Gasteiger partial charge in [-0.3, -0.25) is 0 Å². The molecule has 0 radical (unpaired) electrons. The fourth-order valence-corrected chi connectivity index (χ4v) is 1.65. The minimum Gasteiger partial charge on any atom is -0.423 e. The average molecular weight is 254 g/mol. The molecule has 0 atom stereocenters. The molecule has 0 amide bonds. The lowest BCUT2D eigenvalue weighted by atomic mass is 9.79. The second-order valence-corrected chi connectivity index (χ2v) is 4.77. The lowest BCUT2D eigenvalue weighted by molar-refractivity contribution is 0.276. The van der Waals surface area contributed by atoms with Crippen molar-refractivity contribution in [3.05, 3.63) is 29.6 Å². The zero-order chi connectivity index (χ0) is 13.7. The van der Waals surface area contributed by atoms with Gasteiger partial charge in [-0.25, -0.2) is 4.39 Å². The summed E-state index contributed by atoms with van der Waals surface area (Å²) in [4.78, 5) is 4.19. The summed E-state index contributed by atoms with van der Waals surface area (Å²) in [6, 6.07) is 4.42. The van der Waals surface area contributed by atoms with Crippen molar-refractivity contribution in [3.63, 3.8) is 0 Å². The van der Waals surface area contributed by atoms with E-state index in [1.54, 1.807) is 6.07 Å². The fraction of sp³-hybridized carbons (Fsp3) is 0.500. The van der Waals surface area contributed by atoms with Gasteiger partial charge in [0.15, 0.2) is 0 Å². The predicted molar refractivity (Wildman–Crippen MR) is 71.1 cm³/mol. The number of hydrogen-bond donors (Lipinski definition) is 2. The van der Waals surface area contributed by atoms with Crippen LogP contribution in [-0.4, -0.2) is 61.2 Å². The normalized spacial score (nSPS) is 11.3. The van der Waals surface area contributed by atoms with Crippen LogP contribution in [0.15, 0.2) is 18.2 Å². The maximum absolute atomic E-state index is 13.3. The first-order chi connectivity index (χ1) is 8.40. The molecule has 18 heavy (non-hydrogen) atoms. The van der Waals surface area contributed by atoms with Crippen molar-refractivity contribution in [2.24, 2.45) is 0 Å². The van der Waals surface area contributed by atoms with Crippen LogP contribution in [0.3, 0.4) is 0 Å². The Morgan fingerprint density at radius 3 is 2.39 bits per heavy atom. The molecule has 0 aliphatic rings. The molecule has 100 valence electrons. The molecule has 0 saturated heterocycles. The van der Waals surface area contributed by atoms with Crippen LogP contribution in [0.1, 0.15) is 5.56 Å². The quantitative estimate of drug-likeness (QED) is 0.672. The van der Waals surface area contributed by atoms with Crippen molar-refractivity contribution in [2.75, 3.05) is 34.2 Å². The highest BCUT2D eigenvalue weighted by molar-refractivity contribution is 6.58. The molecule has 0 fully saturated rings. The van der Waals surface area contributed by atoms with E-state index < -0.39 is 12.9 Å². The highest BCUT2D eigenvalue weighted by Gasteiger charge is 2.17. The molecule has 0 spiro atoms. The molecule has 1 rings (SSSR count). The Morgan fingerprint density at radius 2 is 1.83 bits per heavy atom. The maximum Gasteiger partial charge on any atom is 0.491 e. The molecule has 0 saturated carbocycles. The molecule has 6 heteroatoms. The molecule has 0 bridgehead atoms. The number of rotatable bonds is 6. The van der Waals surface area contributed by atoms with Gasteiger partial charge in [-0.15, -0.1) is 0 Å². The molecule has 4 nitrogen and oxygen atoms in total. The van der Waals surface area contributed by atoms with Crippen molar-refractivity contribution < 1.29 is 14.4 Å². The van der Waals surface area contributed by atoms with Gasteiger partial charge in [0.1, 0.15) is 5.82 Å². The van der Waals surface area contributed by atoms with Crippen molar-refractivity contribution in [1.82, 2.24) is 9.80 Å². The van der Waals surface area contributed by atoms with Gasteiger partial charge in [0.25, 0.3) is 0 Å². The molecule has 1 aromatic carbocycles. The monoisotopic (exact) mass is 254 g/mol. The Bertz CT molecular complexity index is 388. The van der Waals surface area contributed by atoms with Crippen LogP contribution in [-0.2, 0) is 6.54 Å². The van der Waals surface area contributed by atoms with E-state index in [2.05, 4.69) is 9.80 Å². The fourth-order valence-electron chi connectivity index (χ4n) is 1.65. The number of nitrogens with zero attached hydrogens (tertiary/aromatic N) is 2. The minimum absolute atomic E-state index is 0.0755. The third kappa shape index (κ3) is 4.74. The van der Waals surface area contributed by atoms with Gasteiger partial charge in [0.05, 0.1) is 0 Å². The number of halogens is 1. The zero-order valence-corrected chi connectivity index (χ0v) is 11.1. The molecule has 0 unspecified atom stereocenters. The summed E-state index contributed by atoms with van der Waals surface area (Å²) in [5.41, 5.74) is 0.786. The summed E-state index contributed by atoms with van der Waals surface area (Å²) in [7, 11) is 4.22. The number of benzene rings is 1. The molecule has 0 aromatic heterocycles. The van der Waals surface area contributed by atoms with E-state index in [1.165, 1.54) is 12.1 Å². The van der Waals surface area contributed by atoms with Gasteiger partial charge in [-0.2, -0.15) is 0 Å². The summed E-state index contributed by atoms with van der Waals surface area (Å²) in [5, 5.41) is 18.1. The number of likely N-dealkylation sites (N-methyl/N-ethyl adjacent to an activating group) is 2. The van der Waals surface area contributed by atoms with E-state index in [0.29, 0.717) is 6.54 Å². The predicted octanol–water partition coefficient (Wildman–Crippen LogP) is -0.501. The Morgan fingerprint density at radius 1 is 1.17 bits per heavy atom. The standard InChI is InChI=1S/C12H20BFN2O2/c1-15(2)6-7-16(3)9-10-4-5-12(14)11(8-10)13(17)18/h4-5,8,17-18H,6-7,9H2,1-3H3. The number of hydrogen-bond acceptors (Lipinski definition) is 4. The molecule has 0 heterocycles. The Labute approximate surface area is 108 Å². The van der Waals surface area contributed by atoms with Crippen molar-refractivity contribution in [2.45, 2.75) is 6.54 Å². The van der Waals surface area contributed by atoms with E-state index in [9.17, 15) is 4.39 Å². The van der Waals surface area contributed by atoms with E-state index in [0.717, 1.165) is 18.7 Å². The molecular weight excluding hydrogens is 234 g/mol. The first-order valence-electron chi connectivity index (χ1n) is 5.88. The lowest BCUT2D eigenvalue weighted by Crippen LogP contribution is -2.34. The van der Waals surface area contributed by atoms with Gasteiger partial charge >= 0.3 is 7.12 Å². The van der Waals surface area contributed by atoms with E-state index >= 15 is 0 Å². The highest BCUT2D eigenvalue weighted by atomic mass is 19.1. The second kappa shape index (κ2) is 6.85. The van der Waals surface area contributed by atoms with Crippen LogP contribution in [0, 0.1) is 5.82 Å². The molecule has 0 aliphatic carbocycles. The third-order valence-electron chi connectivity index (χ3n) is 2.72. The first kappa shape index (κ1) is 15.1. The van der Waals surface area contributed by atoms with Gasteiger partial charge in [-0.1, -0.05) is 12.1 Å². The van der Waals surface area contributed by atoms with Crippen LogP contribution in [0.25, 0.3) is 0 Å². The smallest absolute Gasteiger partial charge is 0.423 e. The maximum atomic E-state index is 13.3. The average Bonchev–Trinajstić information content (AvgIpc) is 2.28. The third-order valence-corrected chi connectivity index (χ3v) is 2.72. The molecule has 1 aromatic rings. The van der Waals surface area contributed by atoms with Crippen LogP contribution >= 0.6 is 0 Å². The minimum atomic E-state index is -1.77. The van der Waals surface area contributed by atoms with Crippen molar-refractivity contribution >= 4 is 12.6 Å². The molecule has 0 aliphatic heterocycles. The highest BCUT2D eigenvalue weighted by Crippen LogP contribution is 2.04. The van der Waals surface area contributed by atoms with Crippen LogP contribution < -0.4 is 5.46 Å². The first-order valence-corrected chi connectivity index (χ1v) is 5.88. The summed E-state index contributed by atoms with van der Waals surface area (Å²) in [5.74, 6) is -0.593. The lowest BCUT2D eigenvalue weighted by Gasteiger charge is -2.19. The topological polar surface area (TPSA) is 46.9 Å². The SMILES string of the molecule is CN(C)CCN(C)Cc1ccc(F)c(B(O)O)c1. The van der Waals surface area contributed by atoms with E-state index in [1.807, 2.05) is 21.1 Å². The Kier molecular flexibility index (Phi) is 5.75. The zero-order valence-electron chi connectivity index (χ0n) is 11.1. The summed E-state index contributed by atoms with van der Waals surface area (Å²) >= 11 is 0. The van der Waals surface area contributed by atoms with E-state index in [-0.39, 0.29) is 5.46 Å². The van der Waals surface area contributed by atoms with Crippen LogP contribution in [0.2, 0.25) is 0 Å². The second-order valence-electron chi connectivity index (χ2n) is 4.77. The van der Waals surface area contributed by atoms with Crippen molar-refractivity contribution in [1.29, 1.82) is 0 Å². The summed E-state index contributed by atoms with van der Waals surface area (Å²) < 4.78 is 13.3. The van der Waals surface area contributed by atoms with Crippen molar-refractivity contribution in [3.8, 4) is 0 Å². The van der Waals surface area contributed by atoms with Gasteiger partial charge in [-0.05, 0) is 32.8 Å². The summed E-state index contributed by atoms with van der Waals surface area (Å²) in [6.07, 6.45) is 0. The van der Waals surface area contributed by atoms with Gasteiger partial charge < -0.3 is 19.8 Å². The molecule has 2 N–H and O–H groups in total. The Hall–Kier alpha value is -0.945. The largest absolute Gasteiger partial charge is 0.491 e. The van der Waals surface area contributed by atoms with Crippen LogP contribution in [0.5, 0.6) is 0 Å². The van der Waals surface area contributed by atoms with Gasteiger partial charge in [0, 0.05) is 25.1 Å².